The Morgan fingerprint density at radius 2 is 1.98 bits per heavy atom. The van der Waals surface area contributed by atoms with Crippen LogP contribution in [0.3, 0.4) is 0 Å². The highest BCUT2D eigenvalue weighted by Crippen LogP contribution is 2.37. The number of halogens is 2. The minimum atomic E-state index is -0.969. The molecular formula is C30H37ClFN7O3. The number of imidazole rings is 1. The minimum absolute atomic E-state index is 0.0846. The first-order valence-corrected chi connectivity index (χ1v) is 15.3. The van der Waals surface area contributed by atoms with Gasteiger partial charge in [-0.05, 0) is 44.2 Å². The van der Waals surface area contributed by atoms with Gasteiger partial charge >= 0.3 is 5.76 Å². The highest BCUT2D eigenvalue weighted by molar-refractivity contribution is 6.30. The summed E-state index contributed by atoms with van der Waals surface area (Å²) in [6.07, 6.45) is 8.37. The third-order valence-electron chi connectivity index (χ3n) is 8.77. The molecule has 42 heavy (non-hydrogen) atoms. The van der Waals surface area contributed by atoms with Crippen LogP contribution in [0.5, 0.6) is 0 Å². The van der Waals surface area contributed by atoms with Gasteiger partial charge in [0.1, 0.15) is 5.69 Å². The van der Waals surface area contributed by atoms with Crippen LogP contribution in [0.4, 0.5) is 10.3 Å². The van der Waals surface area contributed by atoms with Crippen LogP contribution < -0.4 is 10.7 Å². The fourth-order valence-corrected chi connectivity index (χ4v) is 6.60. The highest BCUT2D eigenvalue weighted by Gasteiger charge is 2.34. The molecule has 0 radical (unpaired) electrons. The molecule has 3 atom stereocenters. The summed E-state index contributed by atoms with van der Waals surface area (Å²) in [5, 5.41) is 4.35. The third kappa shape index (κ3) is 5.94. The molecule has 0 bridgehead atoms. The summed E-state index contributed by atoms with van der Waals surface area (Å²) < 4.78 is 27.1. The molecule has 224 valence electrons. The number of hydrogen-bond acceptors (Lipinski definition) is 8. The zero-order valence-electron chi connectivity index (χ0n) is 24.2. The van der Waals surface area contributed by atoms with Crippen LogP contribution in [0.25, 0.3) is 33.8 Å². The minimum Gasteiger partial charge on any atom is -0.374 e. The predicted molar refractivity (Wildman–Crippen MR) is 159 cm³/mol. The van der Waals surface area contributed by atoms with Crippen molar-refractivity contribution in [1.29, 1.82) is 0 Å². The van der Waals surface area contributed by atoms with E-state index in [0.29, 0.717) is 47.4 Å². The average molecular weight is 598 g/mol. The number of morpholine rings is 1. The second-order valence-corrected chi connectivity index (χ2v) is 12.3. The van der Waals surface area contributed by atoms with E-state index in [1.807, 2.05) is 12.1 Å². The number of hydrogen-bond donors (Lipinski definition) is 1. The first kappa shape index (κ1) is 28.8. The summed E-state index contributed by atoms with van der Waals surface area (Å²) in [6.45, 7) is 7.85. The Morgan fingerprint density at radius 3 is 2.69 bits per heavy atom. The van der Waals surface area contributed by atoms with Crippen LogP contribution in [-0.2, 0) is 11.3 Å². The maximum Gasteiger partial charge on any atom is 0.439 e. The van der Waals surface area contributed by atoms with E-state index < -0.39 is 11.9 Å². The summed E-state index contributed by atoms with van der Waals surface area (Å²) >= 11 is 6.38. The van der Waals surface area contributed by atoms with Gasteiger partial charge in [0.15, 0.2) is 0 Å². The number of aromatic nitrogens is 6. The largest absolute Gasteiger partial charge is 0.439 e. The van der Waals surface area contributed by atoms with Crippen molar-refractivity contribution in [2.75, 3.05) is 18.1 Å². The SMILES string of the molecule is CC(F)CC1OCCN(c2nc3cc(-c4noc(=O)[nH]4)nc(-c4cncc(Cl)c4)c3n2CCC2CCC(C)CC2)C1C. The summed E-state index contributed by atoms with van der Waals surface area (Å²) in [4.78, 5) is 31.1. The van der Waals surface area contributed by atoms with E-state index >= 15 is 0 Å². The lowest BCUT2D eigenvalue weighted by Gasteiger charge is -2.40. The van der Waals surface area contributed by atoms with Crippen molar-refractivity contribution in [3.8, 4) is 22.8 Å². The van der Waals surface area contributed by atoms with Crippen LogP contribution in [0.1, 0.15) is 59.3 Å². The number of ether oxygens (including phenoxy) is 1. The molecule has 0 amide bonds. The van der Waals surface area contributed by atoms with E-state index in [1.54, 1.807) is 19.3 Å². The Hall–Kier alpha value is -3.31. The molecule has 10 nitrogen and oxygen atoms in total. The maximum atomic E-state index is 14.1. The van der Waals surface area contributed by atoms with Gasteiger partial charge in [-0.1, -0.05) is 49.4 Å². The molecule has 1 saturated carbocycles. The lowest BCUT2D eigenvalue weighted by atomic mass is 9.81. The van der Waals surface area contributed by atoms with E-state index in [1.165, 1.54) is 25.7 Å². The number of rotatable bonds is 8. The first-order valence-electron chi connectivity index (χ1n) is 14.9. The molecule has 3 unspecified atom stereocenters. The van der Waals surface area contributed by atoms with Gasteiger partial charge in [0.05, 0.1) is 46.7 Å². The molecule has 5 heterocycles. The zero-order chi connectivity index (χ0) is 29.4. The number of aryl methyl sites for hydroxylation is 1. The number of fused-ring (bicyclic) bond motifs is 1. The molecule has 1 aliphatic carbocycles. The molecule has 2 aliphatic rings. The second-order valence-electron chi connectivity index (χ2n) is 11.9. The molecular weight excluding hydrogens is 561 g/mol. The van der Waals surface area contributed by atoms with Gasteiger partial charge in [-0.25, -0.2) is 19.2 Å². The molecule has 0 aromatic carbocycles. The van der Waals surface area contributed by atoms with E-state index in [2.05, 4.69) is 38.4 Å². The van der Waals surface area contributed by atoms with Crippen molar-refractivity contribution in [3.05, 3.63) is 40.1 Å². The van der Waals surface area contributed by atoms with Crippen molar-refractivity contribution in [1.82, 2.24) is 29.7 Å². The van der Waals surface area contributed by atoms with Crippen molar-refractivity contribution in [2.24, 2.45) is 11.8 Å². The summed E-state index contributed by atoms with van der Waals surface area (Å²) in [5.74, 6) is 1.76. The Kier molecular flexibility index (Phi) is 8.31. The Bertz CT molecular complexity index is 1590. The fourth-order valence-electron chi connectivity index (χ4n) is 6.42. The Labute approximate surface area is 248 Å². The van der Waals surface area contributed by atoms with E-state index in [9.17, 15) is 9.18 Å². The third-order valence-corrected chi connectivity index (χ3v) is 8.98. The molecule has 4 aromatic rings. The summed E-state index contributed by atoms with van der Waals surface area (Å²) in [5.41, 5.74) is 3.31. The van der Waals surface area contributed by atoms with Crippen LogP contribution in [0.2, 0.25) is 5.02 Å². The molecule has 1 saturated heterocycles. The number of H-pyrrole nitrogens is 1. The predicted octanol–water partition coefficient (Wildman–Crippen LogP) is 6.05. The Balaban J connectivity index is 1.51. The molecule has 2 fully saturated rings. The summed E-state index contributed by atoms with van der Waals surface area (Å²) in [7, 11) is 0. The normalized spacial score (nSPS) is 23.9. The van der Waals surface area contributed by atoms with Crippen LogP contribution in [-0.4, -0.2) is 61.1 Å². The van der Waals surface area contributed by atoms with Crippen molar-refractivity contribution in [3.63, 3.8) is 0 Å². The van der Waals surface area contributed by atoms with Crippen molar-refractivity contribution < 1.29 is 13.7 Å². The number of aromatic amines is 1. The number of alkyl halides is 1. The molecule has 0 spiro atoms. The second kappa shape index (κ2) is 12.1. The fraction of sp³-hybridized carbons (Fsp3) is 0.567. The molecule has 1 aliphatic heterocycles. The van der Waals surface area contributed by atoms with Crippen molar-refractivity contribution in [2.45, 2.75) is 84.2 Å². The van der Waals surface area contributed by atoms with E-state index in [4.69, 9.17) is 30.8 Å². The average Bonchev–Trinajstić information content (AvgIpc) is 3.56. The zero-order valence-corrected chi connectivity index (χ0v) is 25.0. The molecule has 6 rings (SSSR count). The van der Waals surface area contributed by atoms with Gasteiger partial charge in [-0.3, -0.25) is 14.5 Å². The van der Waals surface area contributed by atoms with Crippen molar-refractivity contribution >= 4 is 28.6 Å². The van der Waals surface area contributed by atoms with Gasteiger partial charge in [0, 0.05) is 37.5 Å². The number of pyridine rings is 2. The lowest BCUT2D eigenvalue weighted by molar-refractivity contribution is -0.00200. The van der Waals surface area contributed by atoms with Gasteiger partial charge < -0.3 is 14.2 Å². The lowest BCUT2D eigenvalue weighted by Crippen LogP contribution is -2.51. The number of nitrogens with zero attached hydrogens (tertiary/aromatic N) is 6. The van der Waals surface area contributed by atoms with E-state index in [-0.39, 0.29) is 18.0 Å². The van der Waals surface area contributed by atoms with Gasteiger partial charge in [-0.2, -0.15) is 0 Å². The molecule has 4 aromatic heterocycles. The summed E-state index contributed by atoms with van der Waals surface area (Å²) in [6, 6.07) is 3.55. The molecule has 1 N–H and O–H groups in total. The maximum absolute atomic E-state index is 14.1. The van der Waals surface area contributed by atoms with E-state index in [0.717, 1.165) is 35.9 Å². The van der Waals surface area contributed by atoms with Gasteiger partial charge in [0.2, 0.25) is 11.8 Å². The monoisotopic (exact) mass is 597 g/mol. The first-order chi connectivity index (χ1) is 20.3. The number of anilines is 1. The number of nitrogens with one attached hydrogen (secondary N) is 1. The molecule has 12 heteroatoms. The smallest absolute Gasteiger partial charge is 0.374 e. The van der Waals surface area contributed by atoms with Crippen LogP contribution in [0.15, 0.2) is 33.8 Å². The van der Waals surface area contributed by atoms with Gasteiger partial charge in [-0.15, -0.1) is 0 Å². The quantitative estimate of drug-likeness (QED) is 0.261. The van der Waals surface area contributed by atoms with Crippen LogP contribution in [0, 0.1) is 11.8 Å². The standard InChI is InChI=1S/C30H37ClFN7O3/c1-17-4-6-20(7-5-17)8-9-39-27-23(35-29(39)38-10-11-41-25(19(38)3)12-18(2)32)14-24(28-36-30(40)42-37-28)34-26(27)21-13-22(31)16-33-15-21/h13-20,25H,4-12H2,1-3H3,(H,36,37,40). The highest BCUT2D eigenvalue weighted by atomic mass is 35.5. The topological polar surface area (TPSA) is 115 Å². The Morgan fingerprint density at radius 1 is 1.17 bits per heavy atom. The van der Waals surface area contributed by atoms with Gasteiger partial charge in [0.25, 0.3) is 0 Å². The van der Waals surface area contributed by atoms with Crippen LogP contribution >= 0.6 is 11.6 Å².